The van der Waals surface area contributed by atoms with Crippen LogP contribution in [0.15, 0.2) is 12.2 Å². The fourth-order valence-corrected chi connectivity index (χ4v) is 1.10. The van der Waals surface area contributed by atoms with E-state index >= 15 is 0 Å². The average Bonchev–Trinajstić information content (AvgIpc) is 2.06. The number of amides is 1. The summed E-state index contributed by atoms with van der Waals surface area (Å²) in [6.07, 6.45) is 3.53. The minimum absolute atomic E-state index is 0.0468. The van der Waals surface area contributed by atoms with Crippen molar-refractivity contribution in [3.05, 3.63) is 12.2 Å². The lowest BCUT2D eigenvalue weighted by Crippen LogP contribution is -2.32. The van der Waals surface area contributed by atoms with Crippen LogP contribution in [0.25, 0.3) is 0 Å². The molecule has 0 aromatic rings. The SMILES string of the molecule is CC(C)(C)OC(=O)NC/C=C\COS(C)(=O)=O. The molecule has 0 saturated heterocycles. The number of nitrogens with one attached hydrogen (secondary N) is 1. The molecule has 0 spiro atoms. The van der Waals surface area contributed by atoms with Crippen molar-refractivity contribution in [2.24, 2.45) is 0 Å². The van der Waals surface area contributed by atoms with Crippen molar-refractivity contribution in [2.75, 3.05) is 19.4 Å². The second kappa shape index (κ2) is 6.61. The molecule has 6 nitrogen and oxygen atoms in total. The molecule has 7 heteroatoms. The van der Waals surface area contributed by atoms with E-state index < -0.39 is 21.8 Å². The summed E-state index contributed by atoms with van der Waals surface area (Å²) < 4.78 is 30.6. The summed E-state index contributed by atoms with van der Waals surface area (Å²) in [5.41, 5.74) is -0.535. The standard InChI is InChI=1S/C10H19NO5S/c1-10(2,3)16-9(12)11-7-5-6-8-15-17(4,13)14/h5-6H,7-8H2,1-4H3,(H,11,12)/b6-5-. The summed E-state index contributed by atoms with van der Waals surface area (Å²) in [7, 11) is -3.41. The number of hydrogen-bond acceptors (Lipinski definition) is 5. The highest BCUT2D eigenvalue weighted by Gasteiger charge is 2.14. The van der Waals surface area contributed by atoms with Gasteiger partial charge in [0.2, 0.25) is 0 Å². The van der Waals surface area contributed by atoms with E-state index in [9.17, 15) is 13.2 Å². The molecule has 17 heavy (non-hydrogen) atoms. The van der Waals surface area contributed by atoms with Gasteiger partial charge in [0.25, 0.3) is 10.1 Å². The topological polar surface area (TPSA) is 81.7 Å². The molecule has 100 valence electrons. The molecule has 0 radical (unpaired) electrons. The van der Waals surface area contributed by atoms with E-state index in [1.807, 2.05) is 0 Å². The molecule has 0 aliphatic heterocycles. The Bertz CT molecular complexity index is 367. The molecule has 0 saturated carbocycles. The van der Waals surface area contributed by atoms with Crippen molar-refractivity contribution < 1.29 is 22.1 Å². The van der Waals surface area contributed by atoms with Crippen LogP contribution in [0, 0.1) is 0 Å². The van der Waals surface area contributed by atoms with Crippen molar-refractivity contribution in [3.8, 4) is 0 Å². The van der Waals surface area contributed by atoms with Crippen molar-refractivity contribution in [1.29, 1.82) is 0 Å². The van der Waals surface area contributed by atoms with Crippen molar-refractivity contribution >= 4 is 16.2 Å². The Morgan fingerprint density at radius 3 is 2.35 bits per heavy atom. The van der Waals surface area contributed by atoms with Crippen molar-refractivity contribution in [1.82, 2.24) is 5.32 Å². The maximum atomic E-state index is 11.2. The molecular weight excluding hydrogens is 246 g/mol. The number of carbonyl (C=O) groups is 1. The van der Waals surface area contributed by atoms with Gasteiger partial charge in [-0.15, -0.1) is 0 Å². The molecule has 1 amide bonds. The van der Waals surface area contributed by atoms with Gasteiger partial charge in [-0.05, 0) is 20.8 Å². The van der Waals surface area contributed by atoms with E-state index in [0.717, 1.165) is 6.26 Å². The number of rotatable bonds is 5. The van der Waals surface area contributed by atoms with Gasteiger partial charge in [-0.25, -0.2) is 4.79 Å². The van der Waals surface area contributed by atoms with E-state index in [-0.39, 0.29) is 13.2 Å². The average molecular weight is 265 g/mol. The zero-order chi connectivity index (χ0) is 13.5. The molecule has 0 atom stereocenters. The quantitative estimate of drug-likeness (QED) is 0.593. The van der Waals surface area contributed by atoms with Gasteiger partial charge in [0.05, 0.1) is 12.9 Å². The minimum atomic E-state index is -3.41. The van der Waals surface area contributed by atoms with Crippen LogP contribution >= 0.6 is 0 Å². The minimum Gasteiger partial charge on any atom is -0.444 e. The summed E-state index contributed by atoms with van der Waals surface area (Å²) >= 11 is 0. The fraction of sp³-hybridized carbons (Fsp3) is 0.700. The van der Waals surface area contributed by atoms with Crippen LogP contribution in [-0.2, 0) is 19.0 Å². The fourth-order valence-electron chi connectivity index (χ4n) is 0.771. The van der Waals surface area contributed by atoms with Crippen molar-refractivity contribution in [2.45, 2.75) is 26.4 Å². The first kappa shape index (κ1) is 15.9. The first-order chi connectivity index (χ1) is 7.60. The normalized spacial score (nSPS) is 12.7. The molecular formula is C10H19NO5S. The van der Waals surface area contributed by atoms with Crippen LogP contribution in [0.2, 0.25) is 0 Å². The Balaban J connectivity index is 3.71. The van der Waals surface area contributed by atoms with Gasteiger partial charge in [-0.2, -0.15) is 8.42 Å². The number of alkyl carbamates (subject to hydrolysis) is 1. The third-order valence-corrected chi connectivity index (χ3v) is 1.87. The lowest BCUT2D eigenvalue weighted by atomic mass is 10.2. The molecule has 1 N–H and O–H groups in total. The Morgan fingerprint density at radius 2 is 1.88 bits per heavy atom. The first-order valence-corrected chi connectivity index (χ1v) is 6.88. The molecule has 0 heterocycles. The molecule has 0 fully saturated rings. The second-order valence-electron chi connectivity index (χ2n) is 4.34. The van der Waals surface area contributed by atoms with E-state index in [1.165, 1.54) is 6.08 Å². The molecule has 0 aliphatic carbocycles. The highest BCUT2D eigenvalue weighted by Crippen LogP contribution is 2.05. The predicted molar refractivity (Wildman–Crippen MR) is 64.2 cm³/mol. The largest absolute Gasteiger partial charge is 0.444 e. The molecule has 0 rings (SSSR count). The van der Waals surface area contributed by atoms with E-state index in [0.29, 0.717) is 0 Å². The lowest BCUT2D eigenvalue weighted by Gasteiger charge is -2.19. The van der Waals surface area contributed by atoms with Gasteiger partial charge < -0.3 is 10.1 Å². The Labute approximate surface area is 102 Å². The molecule has 0 aromatic carbocycles. The number of carbonyl (C=O) groups excluding carboxylic acids is 1. The van der Waals surface area contributed by atoms with Gasteiger partial charge in [0.1, 0.15) is 5.60 Å². The predicted octanol–water partition coefficient (Wildman–Crippen LogP) is 1.04. The number of hydrogen-bond donors (Lipinski definition) is 1. The van der Waals surface area contributed by atoms with Gasteiger partial charge in [-0.1, -0.05) is 12.2 Å². The summed E-state index contributed by atoms with van der Waals surface area (Å²) in [6, 6.07) is 0. The zero-order valence-electron chi connectivity index (χ0n) is 10.5. The smallest absolute Gasteiger partial charge is 0.407 e. The van der Waals surface area contributed by atoms with Gasteiger partial charge >= 0.3 is 6.09 Å². The third-order valence-electron chi connectivity index (χ3n) is 1.31. The van der Waals surface area contributed by atoms with Crippen LogP contribution in [0.5, 0.6) is 0 Å². The molecule has 0 bridgehead atoms. The summed E-state index contributed by atoms with van der Waals surface area (Å²) in [4.78, 5) is 11.2. The van der Waals surface area contributed by atoms with Gasteiger partial charge in [0.15, 0.2) is 0 Å². The Kier molecular flexibility index (Phi) is 6.19. The van der Waals surface area contributed by atoms with E-state index in [4.69, 9.17) is 4.74 Å². The molecule has 0 aromatic heterocycles. The van der Waals surface area contributed by atoms with Crippen LogP contribution in [-0.4, -0.2) is 39.5 Å². The maximum Gasteiger partial charge on any atom is 0.407 e. The first-order valence-electron chi connectivity index (χ1n) is 5.06. The van der Waals surface area contributed by atoms with Crippen LogP contribution in [0.1, 0.15) is 20.8 Å². The van der Waals surface area contributed by atoms with Gasteiger partial charge in [0, 0.05) is 6.54 Å². The zero-order valence-corrected chi connectivity index (χ0v) is 11.3. The van der Waals surface area contributed by atoms with Crippen LogP contribution in [0.4, 0.5) is 4.79 Å². The van der Waals surface area contributed by atoms with Crippen LogP contribution < -0.4 is 5.32 Å². The lowest BCUT2D eigenvalue weighted by molar-refractivity contribution is 0.0534. The summed E-state index contributed by atoms with van der Waals surface area (Å²) in [5.74, 6) is 0. The highest BCUT2D eigenvalue weighted by molar-refractivity contribution is 7.85. The summed E-state index contributed by atoms with van der Waals surface area (Å²) in [6.45, 7) is 5.50. The number of ether oxygens (including phenoxy) is 1. The van der Waals surface area contributed by atoms with E-state index in [2.05, 4.69) is 9.50 Å². The monoisotopic (exact) mass is 265 g/mol. The maximum absolute atomic E-state index is 11.2. The Hall–Kier alpha value is -1.08. The molecule has 0 unspecified atom stereocenters. The summed E-state index contributed by atoms with van der Waals surface area (Å²) in [5, 5.41) is 2.48. The van der Waals surface area contributed by atoms with Gasteiger partial charge in [-0.3, -0.25) is 4.18 Å². The van der Waals surface area contributed by atoms with E-state index in [1.54, 1.807) is 26.8 Å². The highest BCUT2D eigenvalue weighted by atomic mass is 32.2. The second-order valence-corrected chi connectivity index (χ2v) is 5.99. The van der Waals surface area contributed by atoms with Crippen LogP contribution in [0.3, 0.4) is 0 Å². The third kappa shape index (κ3) is 12.9. The van der Waals surface area contributed by atoms with Crippen molar-refractivity contribution in [3.63, 3.8) is 0 Å². The molecule has 0 aliphatic rings. The Morgan fingerprint density at radius 1 is 1.29 bits per heavy atom.